The van der Waals surface area contributed by atoms with Crippen molar-refractivity contribution in [3.05, 3.63) is 59.7 Å². The first-order valence-electron chi connectivity index (χ1n) is 9.01. The highest BCUT2D eigenvalue weighted by molar-refractivity contribution is 7.99. The monoisotopic (exact) mass is 366 g/mol. The van der Waals surface area contributed by atoms with Crippen LogP contribution in [-0.2, 0) is 0 Å². The minimum atomic E-state index is 0.00621. The summed E-state index contributed by atoms with van der Waals surface area (Å²) in [6, 6.07) is 16.0. The van der Waals surface area contributed by atoms with E-state index >= 15 is 0 Å². The summed E-state index contributed by atoms with van der Waals surface area (Å²) in [6.07, 6.45) is 2.27. The number of Topliss-reactive ketones (excluding diaryl/α,β-unsaturated/α-hetero) is 1. The highest BCUT2D eigenvalue weighted by Gasteiger charge is 2.39. The molecule has 2 aromatic rings. The summed E-state index contributed by atoms with van der Waals surface area (Å²) in [5, 5.41) is 6.64. The number of carbonyl (C=O) groups excluding carboxylic acids is 2. The van der Waals surface area contributed by atoms with Crippen LogP contribution >= 0.6 is 11.8 Å². The molecule has 3 atom stereocenters. The largest absolute Gasteiger partial charge is 0.348 e. The maximum absolute atomic E-state index is 12.5. The van der Waals surface area contributed by atoms with Crippen LogP contribution in [0.5, 0.6) is 0 Å². The van der Waals surface area contributed by atoms with Crippen molar-refractivity contribution in [2.45, 2.75) is 41.6 Å². The molecule has 1 saturated heterocycles. The van der Waals surface area contributed by atoms with Crippen LogP contribution in [0, 0.1) is 5.92 Å². The van der Waals surface area contributed by atoms with Gasteiger partial charge in [0.15, 0.2) is 5.78 Å². The molecule has 0 radical (unpaired) electrons. The minimum Gasteiger partial charge on any atom is -0.348 e. The van der Waals surface area contributed by atoms with Gasteiger partial charge in [-0.15, -0.1) is 0 Å². The second kappa shape index (κ2) is 7.25. The predicted octanol–water partition coefficient (Wildman–Crippen LogP) is 3.52. The molecular formula is C21H22N2O2S. The van der Waals surface area contributed by atoms with Crippen molar-refractivity contribution in [1.29, 1.82) is 0 Å². The van der Waals surface area contributed by atoms with Crippen molar-refractivity contribution < 1.29 is 9.59 Å². The zero-order valence-electron chi connectivity index (χ0n) is 14.7. The van der Waals surface area contributed by atoms with Gasteiger partial charge in [0.25, 0.3) is 5.91 Å². The number of hydrogen-bond acceptors (Lipinski definition) is 4. The zero-order chi connectivity index (χ0) is 18.1. The lowest BCUT2D eigenvalue weighted by Gasteiger charge is -2.24. The lowest BCUT2D eigenvalue weighted by Crippen LogP contribution is -2.47. The lowest BCUT2D eigenvalue weighted by atomic mass is 10.1. The normalized spacial score (nSPS) is 23.8. The van der Waals surface area contributed by atoms with Crippen LogP contribution in [0.1, 0.15) is 40.5 Å². The van der Waals surface area contributed by atoms with E-state index in [0.29, 0.717) is 11.6 Å². The van der Waals surface area contributed by atoms with Crippen LogP contribution in [0.25, 0.3) is 0 Å². The van der Waals surface area contributed by atoms with Gasteiger partial charge in [-0.1, -0.05) is 23.9 Å². The number of fused-ring (bicyclic) bond motifs is 2. The van der Waals surface area contributed by atoms with Crippen molar-refractivity contribution in [2.75, 3.05) is 6.54 Å². The van der Waals surface area contributed by atoms with Gasteiger partial charge in [0.05, 0.1) is 0 Å². The number of carbonyl (C=O) groups is 2. The Morgan fingerprint density at radius 3 is 2.08 bits per heavy atom. The van der Waals surface area contributed by atoms with E-state index in [1.165, 1.54) is 6.42 Å². The first-order chi connectivity index (χ1) is 12.6. The Kier molecular flexibility index (Phi) is 4.83. The molecule has 134 valence electrons. The Morgan fingerprint density at radius 2 is 1.58 bits per heavy atom. The third-order valence-corrected chi connectivity index (χ3v) is 6.27. The first-order valence-corrected chi connectivity index (χ1v) is 9.83. The molecule has 2 bridgehead atoms. The summed E-state index contributed by atoms with van der Waals surface area (Å²) in [6.45, 7) is 2.66. The van der Waals surface area contributed by atoms with E-state index in [4.69, 9.17) is 0 Å². The van der Waals surface area contributed by atoms with Crippen molar-refractivity contribution in [2.24, 2.45) is 5.92 Å². The molecule has 2 fully saturated rings. The van der Waals surface area contributed by atoms with E-state index in [0.717, 1.165) is 34.2 Å². The minimum absolute atomic E-state index is 0.00621. The molecule has 2 aliphatic rings. The second-order valence-electron chi connectivity index (χ2n) is 7.14. The maximum atomic E-state index is 12.5. The van der Waals surface area contributed by atoms with Crippen molar-refractivity contribution >= 4 is 23.5 Å². The summed E-state index contributed by atoms with van der Waals surface area (Å²) < 4.78 is 0. The van der Waals surface area contributed by atoms with Gasteiger partial charge in [0.2, 0.25) is 0 Å². The summed E-state index contributed by atoms with van der Waals surface area (Å²) >= 11 is 1.62. The predicted molar refractivity (Wildman–Crippen MR) is 103 cm³/mol. The van der Waals surface area contributed by atoms with Gasteiger partial charge in [-0.2, -0.15) is 0 Å². The average Bonchev–Trinajstić information content (AvgIpc) is 3.26. The van der Waals surface area contributed by atoms with Crippen molar-refractivity contribution in [3.8, 4) is 0 Å². The molecular weight excluding hydrogens is 344 g/mol. The van der Waals surface area contributed by atoms with Crippen molar-refractivity contribution in [1.82, 2.24) is 10.6 Å². The smallest absolute Gasteiger partial charge is 0.251 e. The second-order valence-corrected chi connectivity index (χ2v) is 8.29. The van der Waals surface area contributed by atoms with Gasteiger partial charge in [-0.05, 0) is 68.6 Å². The third kappa shape index (κ3) is 3.69. The van der Waals surface area contributed by atoms with Gasteiger partial charge in [0.1, 0.15) is 0 Å². The van der Waals surface area contributed by atoms with Crippen LogP contribution in [0.3, 0.4) is 0 Å². The Hall–Kier alpha value is -2.11. The van der Waals surface area contributed by atoms with Crippen molar-refractivity contribution in [3.63, 3.8) is 0 Å². The number of amides is 1. The first kappa shape index (κ1) is 17.3. The number of hydrogen-bond donors (Lipinski definition) is 2. The fraction of sp³-hybridized carbons (Fsp3) is 0.333. The molecule has 5 heteroatoms. The number of nitrogens with one attached hydrogen (secondary N) is 2. The zero-order valence-corrected chi connectivity index (χ0v) is 15.5. The number of rotatable bonds is 5. The van der Waals surface area contributed by atoms with E-state index in [9.17, 15) is 9.59 Å². The standard InChI is InChI=1S/C21H22N2O2S/c1-13(24)15-2-6-17(7-3-15)26-18-8-4-16(5-9-18)21(25)23-20-11-14-10-19(20)22-12-14/h2-9,14,19-20,22H,10-12H2,1H3,(H,23,25). The fourth-order valence-corrected chi connectivity index (χ4v) is 4.65. The van der Waals surface area contributed by atoms with Gasteiger partial charge in [-0.3, -0.25) is 9.59 Å². The van der Waals surface area contributed by atoms with E-state index in [-0.39, 0.29) is 17.7 Å². The Balaban J connectivity index is 1.37. The molecule has 1 heterocycles. The Labute approximate surface area is 157 Å². The van der Waals surface area contributed by atoms with E-state index < -0.39 is 0 Å². The SMILES string of the molecule is CC(=O)c1ccc(Sc2ccc(C(=O)NC3CC4CNC3C4)cc2)cc1. The molecule has 1 aliphatic carbocycles. The third-order valence-electron chi connectivity index (χ3n) is 5.26. The lowest BCUT2D eigenvalue weighted by molar-refractivity contribution is 0.0927. The number of benzene rings is 2. The molecule has 2 N–H and O–H groups in total. The molecule has 3 unspecified atom stereocenters. The topological polar surface area (TPSA) is 58.2 Å². The van der Waals surface area contributed by atoms with E-state index in [2.05, 4.69) is 10.6 Å². The Bertz CT molecular complexity index is 817. The molecule has 1 aliphatic heterocycles. The molecule has 0 spiro atoms. The highest BCUT2D eigenvalue weighted by Crippen LogP contribution is 2.31. The van der Waals surface area contributed by atoms with Gasteiger partial charge < -0.3 is 10.6 Å². The molecule has 26 heavy (non-hydrogen) atoms. The summed E-state index contributed by atoms with van der Waals surface area (Å²) in [5.41, 5.74) is 1.42. The quantitative estimate of drug-likeness (QED) is 0.795. The van der Waals surface area contributed by atoms with Gasteiger partial charge in [-0.25, -0.2) is 0 Å². The summed E-state index contributed by atoms with van der Waals surface area (Å²) in [7, 11) is 0. The van der Waals surface area contributed by atoms with E-state index in [1.807, 2.05) is 48.5 Å². The molecule has 4 rings (SSSR count). The molecule has 4 nitrogen and oxygen atoms in total. The van der Waals surface area contributed by atoms with Crippen LogP contribution in [0.15, 0.2) is 58.3 Å². The Morgan fingerprint density at radius 1 is 0.962 bits per heavy atom. The molecule has 1 saturated carbocycles. The number of piperidine rings is 1. The van der Waals surface area contributed by atoms with Crippen LogP contribution in [0.2, 0.25) is 0 Å². The summed E-state index contributed by atoms with van der Waals surface area (Å²) in [4.78, 5) is 25.9. The number of ketones is 1. The van der Waals surface area contributed by atoms with Crippen LogP contribution < -0.4 is 10.6 Å². The summed E-state index contributed by atoms with van der Waals surface area (Å²) in [5.74, 6) is 0.799. The maximum Gasteiger partial charge on any atom is 0.251 e. The fourth-order valence-electron chi connectivity index (χ4n) is 3.83. The van der Waals surface area contributed by atoms with Crippen LogP contribution in [-0.4, -0.2) is 30.3 Å². The highest BCUT2D eigenvalue weighted by atomic mass is 32.2. The average molecular weight is 366 g/mol. The van der Waals surface area contributed by atoms with Gasteiger partial charge in [0, 0.05) is 33.0 Å². The van der Waals surface area contributed by atoms with E-state index in [1.54, 1.807) is 18.7 Å². The molecule has 2 aromatic carbocycles. The van der Waals surface area contributed by atoms with Crippen LogP contribution in [0.4, 0.5) is 0 Å². The molecule has 1 amide bonds. The molecule has 0 aromatic heterocycles. The van der Waals surface area contributed by atoms with Gasteiger partial charge >= 0.3 is 0 Å².